The molecule has 2 aromatic heterocycles. The molecular formula is C11H14BrN3S3. The third kappa shape index (κ3) is 4.62. The molecular weight excluding hydrogens is 350 g/mol. The van der Waals surface area contributed by atoms with E-state index in [1.807, 2.05) is 0 Å². The van der Waals surface area contributed by atoms with Gasteiger partial charge in [-0.2, -0.15) is 4.37 Å². The van der Waals surface area contributed by atoms with Gasteiger partial charge < -0.3 is 5.32 Å². The summed E-state index contributed by atoms with van der Waals surface area (Å²) in [6, 6.07) is 2.16. The zero-order valence-electron chi connectivity index (χ0n) is 9.98. The number of hydrogen-bond acceptors (Lipinski definition) is 6. The molecule has 0 radical (unpaired) electrons. The van der Waals surface area contributed by atoms with Crippen LogP contribution in [0.3, 0.4) is 0 Å². The lowest BCUT2D eigenvalue weighted by Gasteiger charge is -2.00. The van der Waals surface area contributed by atoms with Gasteiger partial charge in [0.1, 0.15) is 5.82 Å². The summed E-state index contributed by atoms with van der Waals surface area (Å²) in [7, 11) is 0. The van der Waals surface area contributed by atoms with E-state index in [1.54, 1.807) is 23.1 Å². The lowest BCUT2D eigenvalue weighted by atomic mass is 10.4. The number of thiophene rings is 1. The predicted molar refractivity (Wildman–Crippen MR) is 83.7 cm³/mol. The third-order valence-electron chi connectivity index (χ3n) is 2.19. The van der Waals surface area contributed by atoms with Crippen molar-refractivity contribution in [1.82, 2.24) is 14.7 Å². The number of rotatable bonds is 7. The van der Waals surface area contributed by atoms with Gasteiger partial charge in [-0.1, -0.05) is 18.7 Å². The first-order valence-corrected chi connectivity index (χ1v) is 9.10. The van der Waals surface area contributed by atoms with Crippen molar-refractivity contribution in [2.24, 2.45) is 0 Å². The molecule has 2 rings (SSSR count). The van der Waals surface area contributed by atoms with Crippen molar-refractivity contribution in [3.05, 3.63) is 26.6 Å². The van der Waals surface area contributed by atoms with Crippen LogP contribution in [0.15, 0.2) is 20.3 Å². The Morgan fingerprint density at radius 3 is 3.06 bits per heavy atom. The van der Waals surface area contributed by atoms with Crippen LogP contribution in [0.25, 0.3) is 0 Å². The van der Waals surface area contributed by atoms with Crippen molar-refractivity contribution in [3.8, 4) is 0 Å². The number of thioether (sulfide) groups is 1. The van der Waals surface area contributed by atoms with E-state index in [0.29, 0.717) is 0 Å². The Balaban J connectivity index is 1.61. The highest BCUT2D eigenvalue weighted by atomic mass is 79.9. The second-order valence-corrected chi connectivity index (χ2v) is 7.59. The molecule has 0 aromatic carbocycles. The Bertz CT molecular complexity index is 483. The maximum atomic E-state index is 4.43. The van der Waals surface area contributed by atoms with Crippen molar-refractivity contribution in [1.29, 1.82) is 0 Å². The quantitative estimate of drug-likeness (QED) is 0.599. The Morgan fingerprint density at radius 1 is 1.50 bits per heavy atom. The minimum absolute atomic E-state index is 0.919. The maximum Gasteiger partial charge on any atom is 0.170 e. The number of nitrogens with one attached hydrogen (secondary N) is 1. The standard InChI is InChI=1S/C11H14BrN3S3/c1-2-10-14-11(18-15-10)16-4-3-13-6-9-5-8(12)7-17-9/h5,7,13H,2-4,6H2,1H3. The molecule has 7 heteroatoms. The summed E-state index contributed by atoms with van der Waals surface area (Å²) < 4.78 is 6.51. The first-order chi connectivity index (χ1) is 8.78. The highest BCUT2D eigenvalue weighted by molar-refractivity contribution is 9.10. The Morgan fingerprint density at radius 2 is 2.39 bits per heavy atom. The molecule has 0 spiro atoms. The van der Waals surface area contributed by atoms with E-state index >= 15 is 0 Å². The molecule has 0 amide bonds. The smallest absolute Gasteiger partial charge is 0.170 e. The summed E-state index contributed by atoms with van der Waals surface area (Å²) in [6.45, 7) is 4.01. The zero-order valence-corrected chi connectivity index (χ0v) is 14.0. The number of halogens is 1. The zero-order chi connectivity index (χ0) is 12.8. The summed E-state index contributed by atoms with van der Waals surface area (Å²) >= 11 is 8.51. The van der Waals surface area contributed by atoms with Crippen LogP contribution >= 0.6 is 50.6 Å². The highest BCUT2D eigenvalue weighted by Crippen LogP contribution is 2.20. The van der Waals surface area contributed by atoms with Crippen LogP contribution in [0, 0.1) is 0 Å². The second-order valence-electron chi connectivity index (χ2n) is 3.59. The van der Waals surface area contributed by atoms with Crippen LogP contribution in [0.4, 0.5) is 0 Å². The molecule has 98 valence electrons. The molecule has 0 atom stereocenters. The van der Waals surface area contributed by atoms with Gasteiger partial charge in [0.2, 0.25) is 0 Å². The largest absolute Gasteiger partial charge is 0.311 e. The lowest BCUT2D eigenvalue weighted by molar-refractivity contribution is 0.740. The SMILES string of the molecule is CCc1nsc(SCCNCc2cc(Br)cs2)n1. The van der Waals surface area contributed by atoms with Crippen LogP contribution in [-0.2, 0) is 13.0 Å². The highest BCUT2D eigenvalue weighted by Gasteiger charge is 2.02. The predicted octanol–water partition coefficient (Wildman–Crippen LogP) is 3.81. The average molecular weight is 364 g/mol. The summed E-state index contributed by atoms with van der Waals surface area (Å²) in [5.41, 5.74) is 0. The molecule has 0 bridgehead atoms. The molecule has 2 aromatic rings. The van der Waals surface area contributed by atoms with Gasteiger partial charge in [0, 0.05) is 40.0 Å². The number of hydrogen-bond donors (Lipinski definition) is 1. The number of aryl methyl sites for hydroxylation is 1. The summed E-state index contributed by atoms with van der Waals surface area (Å²) in [5, 5.41) is 5.54. The molecule has 0 aliphatic heterocycles. The molecule has 0 aliphatic rings. The first-order valence-electron chi connectivity index (χ1n) is 5.67. The van der Waals surface area contributed by atoms with Crippen LogP contribution in [0.1, 0.15) is 17.6 Å². The molecule has 0 fully saturated rings. The van der Waals surface area contributed by atoms with E-state index in [2.05, 4.69) is 49.0 Å². The lowest BCUT2D eigenvalue weighted by Crippen LogP contribution is -2.15. The fourth-order valence-corrected chi connectivity index (χ4v) is 4.39. The maximum absolute atomic E-state index is 4.43. The fourth-order valence-electron chi connectivity index (χ4n) is 1.31. The van der Waals surface area contributed by atoms with Gasteiger partial charge in [-0.3, -0.25) is 0 Å². The average Bonchev–Trinajstić information content (AvgIpc) is 2.98. The topological polar surface area (TPSA) is 37.8 Å². The summed E-state index contributed by atoms with van der Waals surface area (Å²) in [4.78, 5) is 5.78. The van der Waals surface area contributed by atoms with Crippen molar-refractivity contribution < 1.29 is 0 Å². The number of aromatic nitrogens is 2. The van der Waals surface area contributed by atoms with Gasteiger partial charge in [-0.15, -0.1) is 11.3 Å². The van der Waals surface area contributed by atoms with Crippen molar-refractivity contribution >= 4 is 50.6 Å². The van der Waals surface area contributed by atoms with Crippen molar-refractivity contribution in [3.63, 3.8) is 0 Å². The molecule has 0 unspecified atom stereocenters. The number of nitrogens with zero attached hydrogens (tertiary/aromatic N) is 2. The van der Waals surface area contributed by atoms with Gasteiger partial charge >= 0.3 is 0 Å². The summed E-state index contributed by atoms with van der Waals surface area (Å²) in [5.74, 6) is 1.99. The van der Waals surface area contributed by atoms with Gasteiger partial charge in [0.05, 0.1) is 0 Å². The molecule has 0 saturated heterocycles. The second kappa shape index (κ2) is 7.59. The Hall–Kier alpha value is 0.0500. The minimum atomic E-state index is 0.919. The monoisotopic (exact) mass is 363 g/mol. The summed E-state index contributed by atoms with van der Waals surface area (Å²) in [6.07, 6.45) is 0.919. The van der Waals surface area contributed by atoms with Crippen LogP contribution in [-0.4, -0.2) is 21.7 Å². The van der Waals surface area contributed by atoms with Gasteiger partial charge in [0.25, 0.3) is 0 Å². The third-order valence-corrected chi connectivity index (χ3v) is 5.76. The molecule has 0 aliphatic carbocycles. The van der Waals surface area contributed by atoms with Crippen LogP contribution < -0.4 is 5.32 Å². The normalized spacial score (nSPS) is 11.0. The van der Waals surface area contributed by atoms with Crippen molar-refractivity contribution in [2.75, 3.05) is 12.3 Å². The van der Waals surface area contributed by atoms with E-state index < -0.39 is 0 Å². The first kappa shape index (κ1) is 14.5. The van der Waals surface area contributed by atoms with E-state index in [1.165, 1.54) is 20.9 Å². The molecule has 18 heavy (non-hydrogen) atoms. The Kier molecular flexibility index (Phi) is 6.10. The van der Waals surface area contributed by atoms with Gasteiger partial charge in [-0.25, -0.2) is 4.98 Å². The van der Waals surface area contributed by atoms with Crippen LogP contribution in [0.5, 0.6) is 0 Å². The fraction of sp³-hybridized carbons (Fsp3) is 0.455. The molecule has 3 nitrogen and oxygen atoms in total. The van der Waals surface area contributed by atoms with Crippen LogP contribution in [0.2, 0.25) is 0 Å². The van der Waals surface area contributed by atoms with Gasteiger partial charge in [0.15, 0.2) is 4.34 Å². The van der Waals surface area contributed by atoms with Crippen molar-refractivity contribution in [2.45, 2.75) is 24.2 Å². The van der Waals surface area contributed by atoms with Gasteiger partial charge in [-0.05, 0) is 33.5 Å². The Labute approximate surface area is 128 Å². The molecule has 1 N–H and O–H groups in total. The van der Waals surface area contributed by atoms with E-state index in [0.717, 1.165) is 35.4 Å². The molecule has 2 heterocycles. The van der Waals surface area contributed by atoms with E-state index in [-0.39, 0.29) is 0 Å². The minimum Gasteiger partial charge on any atom is -0.311 e. The van der Waals surface area contributed by atoms with E-state index in [9.17, 15) is 0 Å². The van der Waals surface area contributed by atoms with E-state index in [4.69, 9.17) is 0 Å². The molecule has 0 saturated carbocycles.